The van der Waals surface area contributed by atoms with Gasteiger partial charge in [0, 0.05) is 12.9 Å². The van der Waals surface area contributed by atoms with Crippen LogP contribution < -0.4 is 5.09 Å². The number of hydrogen-bond acceptors (Lipinski definition) is 4. The molecule has 0 spiro atoms. The van der Waals surface area contributed by atoms with Crippen LogP contribution in [0.25, 0.3) is 0 Å². The molecule has 0 heterocycles. The molecule has 1 atom stereocenters. The Bertz CT molecular complexity index is 256. The molecule has 0 aliphatic heterocycles. The number of rotatable bonds is 8. The Kier molecular flexibility index (Phi) is 8.43. The number of nitrogens with zero attached hydrogens (tertiary/aromatic N) is 1. The molecule has 88 valence electrons. The van der Waals surface area contributed by atoms with Crippen molar-refractivity contribution in [3.05, 3.63) is 12.7 Å². The zero-order chi connectivity index (χ0) is 11.7. The monoisotopic (exact) mass is 266 g/mol. The lowest BCUT2D eigenvalue weighted by atomic mass is 10.3. The van der Waals surface area contributed by atoms with E-state index in [4.69, 9.17) is 16.3 Å². The molecule has 0 aliphatic rings. The Hall–Kier alpha value is 0.170. The maximum Gasteiger partial charge on any atom is 0.210 e. The van der Waals surface area contributed by atoms with Gasteiger partial charge in [-0.1, -0.05) is 31.3 Å². The molecule has 0 bridgehead atoms. The van der Waals surface area contributed by atoms with Crippen LogP contribution in [0.4, 0.5) is 0 Å². The number of aliphatic imine (C=N–C) groups is 1. The van der Waals surface area contributed by atoms with Crippen LogP contribution in [0.5, 0.6) is 0 Å². The number of hydrogen-bond donors (Lipinski definition) is 1. The summed E-state index contributed by atoms with van der Waals surface area (Å²) in [5.41, 5.74) is -1.98. The van der Waals surface area contributed by atoms with E-state index in [9.17, 15) is 0 Å². The maximum absolute atomic E-state index is 5.39. The Morgan fingerprint density at radius 3 is 2.80 bits per heavy atom. The first kappa shape index (κ1) is 15.2. The highest BCUT2D eigenvalue weighted by Crippen LogP contribution is 2.55. The average Bonchev–Trinajstić information content (AvgIpc) is 2.22. The summed E-state index contributed by atoms with van der Waals surface area (Å²) in [4.78, 5) is 4.06. The lowest BCUT2D eigenvalue weighted by molar-refractivity contribution is 0.467. The summed E-state index contributed by atoms with van der Waals surface area (Å²) >= 11 is 7.06. The van der Waals surface area contributed by atoms with Crippen LogP contribution in [0.15, 0.2) is 17.6 Å². The summed E-state index contributed by atoms with van der Waals surface area (Å²) < 4.78 is 5.33. The highest BCUT2D eigenvalue weighted by atomic mass is 32.9. The first-order chi connectivity index (χ1) is 7.04. The van der Waals surface area contributed by atoms with Gasteiger partial charge in [-0.3, -0.25) is 4.99 Å². The molecule has 0 aromatic heterocycles. The second-order valence-electron chi connectivity index (χ2n) is 3.28. The van der Waals surface area contributed by atoms with Gasteiger partial charge in [0.25, 0.3) is 0 Å². The Morgan fingerprint density at radius 2 is 2.33 bits per heavy atom. The third-order valence-corrected chi connectivity index (χ3v) is 7.37. The van der Waals surface area contributed by atoms with Gasteiger partial charge in [0.2, 0.25) is 5.62 Å². The summed E-state index contributed by atoms with van der Waals surface area (Å²) in [6.07, 6.45) is 3.36. The molecule has 1 unspecified atom stereocenters. The number of nitrogens with one attached hydrogen (secondary N) is 1. The summed E-state index contributed by atoms with van der Waals surface area (Å²) in [6, 6.07) is 0. The topological polar surface area (TPSA) is 33.6 Å². The molecule has 1 N–H and O–H groups in total. The van der Waals surface area contributed by atoms with E-state index in [2.05, 4.69) is 30.5 Å². The molecule has 0 aliphatic carbocycles. The van der Waals surface area contributed by atoms with Gasteiger partial charge in [0.15, 0.2) is 0 Å². The fraction of sp³-hybridized carbons (Fsp3) is 0.667. The van der Waals surface area contributed by atoms with Crippen molar-refractivity contribution < 1.29 is 4.52 Å². The second kappa shape index (κ2) is 8.34. The van der Waals surface area contributed by atoms with E-state index in [1.807, 2.05) is 0 Å². The predicted molar refractivity (Wildman–Crippen MR) is 75.3 cm³/mol. The minimum absolute atomic E-state index is 0.598. The summed E-state index contributed by atoms with van der Waals surface area (Å²) in [5.74, 6) is 1.60. The van der Waals surface area contributed by atoms with Gasteiger partial charge in [-0.05, 0) is 17.7 Å². The second-order valence-corrected chi connectivity index (χ2v) is 10.0. The lowest BCUT2D eigenvalue weighted by Crippen LogP contribution is -2.08. The summed E-state index contributed by atoms with van der Waals surface area (Å²) in [6.45, 7) is 8.50. The van der Waals surface area contributed by atoms with Crippen molar-refractivity contribution in [2.45, 2.75) is 13.8 Å². The lowest BCUT2D eigenvalue weighted by Gasteiger charge is -2.19. The Balaban J connectivity index is 4.07. The predicted octanol–water partition coefficient (Wildman–Crippen LogP) is 3.05. The minimum Gasteiger partial charge on any atom is -0.330 e. The smallest absolute Gasteiger partial charge is 0.210 e. The van der Waals surface area contributed by atoms with E-state index < -0.39 is 5.62 Å². The van der Waals surface area contributed by atoms with E-state index in [1.54, 1.807) is 30.9 Å². The first-order valence-corrected chi connectivity index (χ1v) is 9.02. The van der Waals surface area contributed by atoms with Crippen molar-refractivity contribution in [2.75, 3.05) is 19.4 Å². The summed E-state index contributed by atoms with van der Waals surface area (Å²) in [5, 5.41) is 3.06. The minimum atomic E-state index is -1.98. The van der Waals surface area contributed by atoms with E-state index in [-0.39, 0.29) is 0 Å². The van der Waals surface area contributed by atoms with Gasteiger partial charge in [-0.2, -0.15) is 0 Å². The van der Waals surface area contributed by atoms with Crippen molar-refractivity contribution in [2.24, 2.45) is 10.9 Å². The fourth-order valence-electron chi connectivity index (χ4n) is 0.629. The molecular weight excluding hydrogens is 247 g/mol. The van der Waals surface area contributed by atoms with Gasteiger partial charge in [-0.15, -0.1) is 6.58 Å². The van der Waals surface area contributed by atoms with Crippen LogP contribution in [-0.2, 0) is 16.3 Å². The average molecular weight is 266 g/mol. The van der Waals surface area contributed by atoms with E-state index in [0.717, 1.165) is 5.75 Å². The van der Waals surface area contributed by atoms with Gasteiger partial charge < -0.3 is 9.61 Å². The van der Waals surface area contributed by atoms with Crippen molar-refractivity contribution in [1.82, 2.24) is 5.09 Å². The van der Waals surface area contributed by atoms with Gasteiger partial charge in [0.05, 0.1) is 12.9 Å². The highest BCUT2D eigenvalue weighted by molar-refractivity contribution is 8.68. The maximum atomic E-state index is 5.39. The van der Waals surface area contributed by atoms with E-state index in [0.29, 0.717) is 12.5 Å². The molecule has 0 saturated heterocycles. The third kappa shape index (κ3) is 8.03. The van der Waals surface area contributed by atoms with Crippen molar-refractivity contribution in [1.29, 1.82) is 0 Å². The third-order valence-electron chi connectivity index (χ3n) is 1.36. The molecule has 0 rings (SSSR count). The Labute approximate surface area is 102 Å². The molecule has 0 aromatic carbocycles. The molecule has 0 radical (unpaired) electrons. The zero-order valence-corrected chi connectivity index (χ0v) is 12.0. The van der Waals surface area contributed by atoms with Crippen molar-refractivity contribution in [3.8, 4) is 0 Å². The van der Waals surface area contributed by atoms with Gasteiger partial charge >= 0.3 is 0 Å². The first-order valence-electron chi connectivity index (χ1n) is 4.71. The van der Waals surface area contributed by atoms with Gasteiger partial charge in [-0.25, -0.2) is 0 Å². The van der Waals surface area contributed by atoms with Crippen LogP contribution in [0.2, 0.25) is 0 Å². The normalized spacial score (nSPS) is 15.5. The van der Waals surface area contributed by atoms with Crippen molar-refractivity contribution >= 4 is 35.1 Å². The molecule has 0 aromatic rings. The molecule has 0 amide bonds. The van der Waals surface area contributed by atoms with Crippen LogP contribution in [0, 0.1) is 5.92 Å². The molecule has 0 fully saturated rings. The molecule has 3 nitrogen and oxygen atoms in total. The van der Waals surface area contributed by atoms with Crippen molar-refractivity contribution in [3.63, 3.8) is 0 Å². The fourth-order valence-corrected chi connectivity index (χ4v) is 4.49. The zero-order valence-electron chi connectivity index (χ0n) is 9.47. The quantitative estimate of drug-likeness (QED) is 0.317. The van der Waals surface area contributed by atoms with Crippen LogP contribution in [0.1, 0.15) is 13.8 Å². The largest absolute Gasteiger partial charge is 0.330 e. The SMILES string of the molecule is C=CC/N=C/NP(=S)(OC)SCC(C)C. The van der Waals surface area contributed by atoms with Crippen LogP contribution >= 0.6 is 17.0 Å². The molecule has 0 saturated carbocycles. The van der Waals surface area contributed by atoms with Crippen LogP contribution in [0.3, 0.4) is 0 Å². The molecule has 6 heteroatoms. The van der Waals surface area contributed by atoms with E-state index in [1.165, 1.54) is 0 Å². The summed E-state index contributed by atoms with van der Waals surface area (Å²) in [7, 11) is 1.64. The standard InChI is InChI=1S/C9H19N2OPS2/c1-5-6-10-8-11-13(14,12-4)15-7-9(2)3/h5,8-9H,1,6-7H2,2-4H3,(H,10,11,14). The van der Waals surface area contributed by atoms with E-state index >= 15 is 0 Å². The molecule has 15 heavy (non-hydrogen) atoms. The Morgan fingerprint density at radius 1 is 1.67 bits per heavy atom. The van der Waals surface area contributed by atoms with Crippen LogP contribution in [-0.4, -0.2) is 25.7 Å². The molecular formula is C9H19N2OPS2. The highest BCUT2D eigenvalue weighted by Gasteiger charge is 2.15. The van der Waals surface area contributed by atoms with Gasteiger partial charge in [0.1, 0.15) is 0 Å².